The fraction of sp³-hybridized carbons (Fsp3) is 0.286. The molecule has 1 atom stereocenters. The molecule has 2 aromatic rings. The van der Waals surface area contributed by atoms with E-state index in [1.54, 1.807) is 12.3 Å². The monoisotopic (exact) mass is 385 g/mol. The number of hydrogen-bond acceptors (Lipinski definition) is 4. The van der Waals surface area contributed by atoms with E-state index in [1.165, 1.54) is 12.1 Å². The molecule has 0 aromatic heterocycles. The van der Waals surface area contributed by atoms with Gasteiger partial charge in [0.1, 0.15) is 24.3 Å². The second kappa shape index (κ2) is 7.98. The molecule has 2 aliphatic rings. The molecule has 4 rings (SSSR count). The Morgan fingerprint density at radius 2 is 2.07 bits per heavy atom. The topological polar surface area (TPSA) is 53.6 Å². The van der Waals surface area contributed by atoms with Gasteiger partial charge in [0, 0.05) is 37.1 Å². The van der Waals surface area contributed by atoms with Gasteiger partial charge >= 0.3 is 0 Å². The maximum absolute atomic E-state index is 13.3. The van der Waals surface area contributed by atoms with Crippen molar-refractivity contribution < 1.29 is 18.3 Å². The van der Waals surface area contributed by atoms with Crippen LogP contribution in [0.4, 0.5) is 20.2 Å². The normalized spacial score (nSPS) is 20.3. The zero-order valence-electron chi connectivity index (χ0n) is 15.3. The molecular weight excluding hydrogens is 364 g/mol. The summed E-state index contributed by atoms with van der Waals surface area (Å²) in [5.41, 5.74) is 2.38. The summed E-state index contributed by atoms with van der Waals surface area (Å²) >= 11 is 0. The van der Waals surface area contributed by atoms with Gasteiger partial charge < -0.3 is 15.4 Å². The van der Waals surface area contributed by atoms with Crippen LogP contribution in [0.5, 0.6) is 5.75 Å². The van der Waals surface area contributed by atoms with Crippen molar-refractivity contribution in [3.63, 3.8) is 0 Å². The molecule has 1 unspecified atom stereocenters. The van der Waals surface area contributed by atoms with E-state index in [1.807, 2.05) is 24.3 Å². The lowest BCUT2D eigenvalue weighted by Gasteiger charge is -2.15. The molecule has 0 saturated carbocycles. The lowest BCUT2D eigenvalue weighted by Crippen LogP contribution is -2.26. The average molecular weight is 385 g/mol. The summed E-state index contributed by atoms with van der Waals surface area (Å²) in [5.74, 6) is 0.0669. The molecule has 1 fully saturated rings. The van der Waals surface area contributed by atoms with Gasteiger partial charge in [-0.15, -0.1) is 0 Å². The number of anilines is 2. The van der Waals surface area contributed by atoms with E-state index < -0.39 is 12.0 Å². The number of rotatable bonds is 6. The van der Waals surface area contributed by atoms with E-state index in [2.05, 4.69) is 15.5 Å². The van der Waals surface area contributed by atoms with Gasteiger partial charge in [-0.3, -0.25) is 9.69 Å². The summed E-state index contributed by atoms with van der Waals surface area (Å²) in [6.07, 6.45) is 1.50. The third kappa shape index (κ3) is 4.14. The van der Waals surface area contributed by atoms with Crippen LogP contribution in [0, 0.1) is 5.82 Å². The minimum Gasteiger partial charge on any atom is -0.492 e. The predicted octanol–water partition coefficient (Wildman–Crippen LogP) is 3.65. The van der Waals surface area contributed by atoms with Crippen LogP contribution in [-0.4, -0.2) is 43.2 Å². The second-order valence-electron chi connectivity index (χ2n) is 6.91. The molecule has 7 heteroatoms. The quantitative estimate of drug-likeness (QED) is 0.746. The second-order valence-corrected chi connectivity index (χ2v) is 6.91. The van der Waals surface area contributed by atoms with Crippen molar-refractivity contribution >= 4 is 22.9 Å². The number of amides is 1. The molecule has 2 aliphatic heterocycles. The van der Waals surface area contributed by atoms with Crippen molar-refractivity contribution in [3.05, 3.63) is 60.0 Å². The number of benzene rings is 2. The highest BCUT2D eigenvalue weighted by molar-refractivity contribution is 6.31. The number of ether oxygens (including phenoxy) is 1. The molecule has 1 saturated heterocycles. The van der Waals surface area contributed by atoms with Crippen LogP contribution in [0.25, 0.3) is 5.57 Å². The summed E-state index contributed by atoms with van der Waals surface area (Å²) in [6.45, 7) is 2.49. The molecule has 28 heavy (non-hydrogen) atoms. The number of carbonyl (C=O) groups is 1. The van der Waals surface area contributed by atoms with Crippen molar-refractivity contribution in [1.29, 1.82) is 0 Å². The van der Waals surface area contributed by atoms with Crippen molar-refractivity contribution in [2.75, 3.05) is 36.9 Å². The molecule has 2 heterocycles. The van der Waals surface area contributed by atoms with Gasteiger partial charge in [0.2, 0.25) is 0 Å². The number of carbonyl (C=O) groups excluding carboxylic acids is 1. The Bertz CT molecular complexity index is 899. The van der Waals surface area contributed by atoms with E-state index in [0.29, 0.717) is 42.9 Å². The Morgan fingerprint density at radius 3 is 2.82 bits per heavy atom. The standard InChI is InChI=1S/C21H21F2N3O2/c22-14-1-6-18-19(21(27)25-20(18)11-14)12-24-16-2-4-17(5-3-16)28-10-9-26-8-7-15(23)13-26/h1-6,11-12,15,24H,7-10,13H2,(H,25,27). The molecule has 2 N–H and O–H groups in total. The van der Waals surface area contributed by atoms with Crippen molar-refractivity contribution in [2.45, 2.75) is 12.6 Å². The first-order valence-corrected chi connectivity index (χ1v) is 9.26. The summed E-state index contributed by atoms with van der Waals surface area (Å²) < 4.78 is 32.1. The summed E-state index contributed by atoms with van der Waals surface area (Å²) in [7, 11) is 0. The fourth-order valence-corrected chi connectivity index (χ4v) is 3.39. The SMILES string of the molecule is O=C1Nc2cc(F)ccc2C1=CNc1ccc(OCCN2CCC(F)C2)cc1. The van der Waals surface area contributed by atoms with Crippen LogP contribution < -0.4 is 15.4 Å². The van der Waals surface area contributed by atoms with Gasteiger partial charge in [0.05, 0.1) is 11.3 Å². The van der Waals surface area contributed by atoms with Gasteiger partial charge in [-0.1, -0.05) is 0 Å². The first-order valence-electron chi connectivity index (χ1n) is 9.26. The van der Waals surface area contributed by atoms with Gasteiger partial charge in [-0.05, 0) is 48.9 Å². The highest BCUT2D eigenvalue weighted by Crippen LogP contribution is 2.32. The van der Waals surface area contributed by atoms with E-state index in [0.717, 1.165) is 18.0 Å². The smallest absolute Gasteiger partial charge is 0.257 e. The minimum absolute atomic E-state index is 0.273. The average Bonchev–Trinajstić information content (AvgIpc) is 3.23. The maximum atomic E-state index is 13.3. The molecule has 0 bridgehead atoms. The highest BCUT2D eigenvalue weighted by Gasteiger charge is 2.24. The van der Waals surface area contributed by atoms with Crippen LogP contribution in [0.1, 0.15) is 12.0 Å². The molecule has 0 radical (unpaired) electrons. The molecule has 0 spiro atoms. The van der Waals surface area contributed by atoms with Crippen LogP contribution in [0.2, 0.25) is 0 Å². The van der Waals surface area contributed by atoms with Crippen molar-refractivity contribution in [3.8, 4) is 5.75 Å². The number of likely N-dealkylation sites (tertiary alicyclic amines) is 1. The lowest BCUT2D eigenvalue weighted by atomic mass is 10.1. The van der Waals surface area contributed by atoms with Crippen LogP contribution in [0.3, 0.4) is 0 Å². The number of alkyl halides is 1. The number of fused-ring (bicyclic) bond motifs is 1. The predicted molar refractivity (Wildman–Crippen MR) is 105 cm³/mol. The number of halogens is 2. The molecule has 2 aromatic carbocycles. The zero-order valence-corrected chi connectivity index (χ0v) is 15.3. The Balaban J connectivity index is 1.32. The van der Waals surface area contributed by atoms with Crippen LogP contribution in [0.15, 0.2) is 48.7 Å². The third-order valence-corrected chi connectivity index (χ3v) is 4.89. The Hall–Kier alpha value is -2.93. The molecule has 5 nitrogen and oxygen atoms in total. The van der Waals surface area contributed by atoms with E-state index in [-0.39, 0.29) is 5.91 Å². The van der Waals surface area contributed by atoms with Crippen LogP contribution >= 0.6 is 0 Å². The Kier molecular flexibility index (Phi) is 5.25. The van der Waals surface area contributed by atoms with Gasteiger partial charge in [-0.25, -0.2) is 8.78 Å². The molecule has 0 aliphatic carbocycles. The molecular formula is C21H21F2N3O2. The molecule has 1 amide bonds. The number of hydrogen-bond donors (Lipinski definition) is 2. The number of nitrogens with zero attached hydrogens (tertiary/aromatic N) is 1. The van der Waals surface area contributed by atoms with E-state index in [4.69, 9.17) is 4.74 Å². The molecule has 146 valence electrons. The summed E-state index contributed by atoms with van der Waals surface area (Å²) in [6, 6.07) is 11.6. The largest absolute Gasteiger partial charge is 0.492 e. The van der Waals surface area contributed by atoms with Crippen molar-refractivity contribution in [2.24, 2.45) is 0 Å². The van der Waals surface area contributed by atoms with Gasteiger partial charge in [0.15, 0.2) is 0 Å². The lowest BCUT2D eigenvalue weighted by molar-refractivity contribution is -0.110. The van der Waals surface area contributed by atoms with Gasteiger partial charge in [0.25, 0.3) is 5.91 Å². The summed E-state index contributed by atoms with van der Waals surface area (Å²) in [5, 5.41) is 5.73. The zero-order chi connectivity index (χ0) is 19.5. The first kappa shape index (κ1) is 18.4. The first-order chi connectivity index (χ1) is 13.6. The third-order valence-electron chi connectivity index (χ3n) is 4.89. The van der Waals surface area contributed by atoms with E-state index >= 15 is 0 Å². The summed E-state index contributed by atoms with van der Waals surface area (Å²) in [4.78, 5) is 14.1. The highest BCUT2D eigenvalue weighted by atomic mass is 19.1. The van der Waals surface area contributed by atoms with Crippen LogP contribution in [-0.2, 0) is 4.79 Å². The Labute approximate surface area is 162 Å². The van der Waals surface area contributed by atoms with Gasteiger partial charge in [-0.2, -0.15) is 0 Å². The maximum Gasteiger partial charge on any atom is 0.257 e. The van der Waals surface area contributed by atoms with E-state index in [9.17, 15) is 13.6 Å². The minimum atomic E-state index is -0.715. The fourth-order valence-electron chi connectivity index (χ4n) is 3.39. The van der Waals surface area contributed by atoms with Crippen molar-refractivity contribution in [1.82, 2.24) is 4.90 Å². The Morgan fingerprint density at radius 1 is 1.25 bits per heavy atom. The number of nitrogens with one attached hydrogen (secondary N) is 2.